The van der Waals surface area contributed by atoms with Crippen LogP contribution in [0, 0.1) is 10.1 Å². The molecule has 0 spiro atoms. The minimum Gasteiger partial charge on any atom is -0.466 e. The number of hydrogen-bond donors (Lipinski definition) is 0. The molecule has 0 aromatic heterocycles. The minimum atomic E-state index is -0.555. The maximum atomic E-state index is 11.7. The molecule has 0 aliphatic heterocycles. The van der Waals surface area contributed by atoms with Crippen LogP contribution in [0.3, 0.4) is 0 Å². The number of rotatable bonds is 5. The lowest BCUT2D eigenvalue weighted by Crippen LogP contribution is -1.96. The van der Waals surface area contributed by atoms with Crippen LogP contribution >= 0.6 is 0 Å². The summed E-state index contributed by atoms with van der Waals surface area (Å²) < 4.78 is 10.2. The van der Waals surface area contributed by atoms with Crippen LogP contribution in [0.4, 0.5) is 5.69 Å². The van der Waals surface area contributed by atoms with Crippen molar-refractivity contribution in [3.05, 3.63) is 69.3 Å². The number of Topliss-reactive ketones (excluding diaryl/α,β-unsaturated/α-hetero) is 1. The van der Waals surface area contributed by atoms with Crippen LogP contribution in [0.15, 0.2) is 42.5 Å². The lowest BCUT2D eigenvalue weighted by atomic mass is 10.1. The number of nitro groups is 1. The van der Waals surface area contributed by atoms with Crippen molar-refractivity contribution in [1.29, 1.82) is 0 Å². The first-order valence-electron chi connectivity index (χ1n) is 7.86. The number of carbonyl (C=O) groups is 2. The molecule has 2 aromatic carbocycles. The van der Waals surface area contributed by atoms with Gasteiger partial charge in [0.1, 0.15) is 5.75 Å². The fourth-order valence-corrected chi connectivity index (χ4v) is 2.72. The van der Waals surface area contributed by atoms with Crippen LogP contribution in [-0.4, -0.2) is 23.8 Å². The predicted molar refractivity (Wildman–Crippen MR) is 93.3 cm³/mol. The van der Waals surface area contributed by atoms with E-state index in [1.165, 1.54) is 31.4 Å². The van der Waals surface area contributed by atoms with Gasteiger partial charge in [-0.25, -0.2) is 4.79 Å². The second-order valence-electron chi connectivity index (χ2n) is 5.68. The van der Waals surface area contributed by atoms with Crippen molar-refractivity contribution >= 4 is 23.5 Å². The van der Waals surface area contributed by atoms with E-state index in [0.29, 0.717) is 29.7 Å². The van der Waals surface area contributed by atoms with Crippen LogP contribution in [0.2, 0.25) is 0 Å². The smallest absolute Gasteiger partial charge is 0.330 e. The van der Waals surface area contributed by atoms with E-state index >= 15 is 0 Å². The molecule has 3 rings (SSSR count). The summed E-state index contributed by atoms with van der Waals surface area (Å²) in [7, 11) is 1.25. The topological polar surface area (TPSA) is 95.7 Å². The average molecular weight is 353 g/mol. The normalized spacial score (nSPS) is 12.9. The van der Waals surface area contributed by atoms with Crippen molar-refractivity contribution in [3.8, 4) is 11.5 Å². The van der Waals surface area contributed by atoms with Gasteiger partial charge in [0.25, 0.3) is 0 Å². The summed E-state index contributed by atoms with van der Waals surface area (Å²) in [4.78, 5) is 33.6. The first-order valence-corrected chi connectivity index (χ1v) is 7.86. The Morgan fingerprint density at radius 3 is 2.73 bits per heavy atom. The molecule has 1 aliphatic rings. The van der Waals surface area contributed by atoms with Gasteiger partial charge in [-0.2, -0.15) is 0 Å². The average Bonchev–Trinajstić information content (AvgIpc) is 3.00. The Morgan fingerprint density at radius 2 is 2.00 bits per heavy atom. The second-order valence-corrected chi connectivity index (χ2v) is 5.68. The first kappa shape index (κ1) is 17.3. The molecule has 132 valence electrons. The first-order chi connectivity index (χ1) is 12.5. The highest BCUT2D eigenvalue weighted by Gasteiger charge is 2.21. The van der Waals surface area contributed by atoms with E-state index in [-0.39, 0.29) is 17.2 Å². The summed E-state index contributed by atoms with van der Waals surface area (Å²) in [6, 6.07) is 9.41. The number of ketones is 1. The second kappa shape index (κ2) is 7.18. The third-order valence-electron chi connectivity index (χ3n) is 4.02. The van der Waals surface area contributed by atoms with E-state index in [1.54, 1.807) is 24.3 Å². The lowest BCUT2D eigenvalue weighted by molar-refractivity contribution is -0.385. The van der Waals surface area contributed by atoms with Gasteiger partial charge in [0, 0.05) is 24.1 Å². The van der Waals surface area contributed by atoms with Crippen LogP contribution < -0.4 is 4.74 Å². The number of esters is 1. The van der Waals surface area contributed by atoms with Gasteiger partial charge in [-0.3, -0.25) is 14.9 Å². The Kier molecular flexibility index (Phi) is 4.79. The molecular formula is C19H15NO6. The predicted octanol–water partition coefficient (Wildman–Crippen LogP) is 3.70. The van der Waals surface area contributed by atoms with Crippen molar-refractivity contribution in [2.24, 2.45) is 0 Å². The zero-order valence-electron chi connectivity index (χ0n) is 13.9. The van der Waals surface area contributed by atoms with Gasteiger partial charge < -0.3 is 9.47 Å². The van der Waals surface area contributed by atoms with Gasteiger partial charge in [-0.05, 0) is 47.9 Å². The summed E-state index contributed by atoms with van der Waals surface area (Å²) in [6.45, 7) is 0. The van der Waals surface area contributed by atoms with Gasteiger partial charge in [0.2, 0.25) is 5.75 Å². The van der Waals surface area contributed by atoms with E-state index in [9.17, 15) is 19.7 Å². The largest absolute Gasteiger partial charge is 0.466 e. The number of ether oxygens (including phenoxy) is 2. The molecule has 0 saturated heterocycles. The Morgan fingerprint density at radius 1 is 1.19 bits per heavy atom. The quantitative estimate of drug-likeness (QED) is 0.352. The number of fused-ring (bicyclic) bond motifs is 1. The number of nitrogens with zero attached hydrogens (tertiary/aromatic N) is 1. The maximum Gasteiger partial charge on any atom is 0.330 e. The standard InChI is InChI=1S/C19H15NO6/c1-25-19(22)9-3-12-2-8-18(16(10-12)20(23)24)26-14-5-6-15-13(11-14)4-7-17(15)21/h2-3,5-6,8-11H,4,7H2,1H3/b9-3+. The van der Waals surface area contributed by atoms with Crippen LogP contribution in [0.25, 0.3) is 6.08 Å². The molecule has 7 nitrogen and oxygen atoms in total. The summed E-state index contributed by atoms with van der Waals surface area (Å²) in [6.07, 6.45) is 3.71. The fraction of sp³-hybridized carbons (Fsp3) is 0.158. The van der Waals surface area contributed by atoms with Crippen LogP contribution in [0.1, 0.15) is 27.9 Å². The molecule has 0 atom stereocenters. The molecule has 0 unspecified atom stereocenters. The van der Waals surface area contributed by atoms with Crippen molar-refractivity contribution in [1.82, 2.24) is 0 Å². The van der Waals surface area contributed by atoms with E-state index in [0.717, 1.165) is 5.56 Å². The van der Waals surface area contributed by atoms with Crippen molar-refractivity contribution in [2.75, 3.05) is 7.11 Å². The maximum absolute atomic E-state index is 11.7. The van der Waals surface area contributed by atoms with Crippen molar-refractivity contribution in [3.63, 3.8) is 0 Å². The van der Waals surface area contributed by atoms with E-state index in [2.05, 4.69) is 4.74 Å². The van der Waals surface area contributed by atoms with Gasteiger partial charge in [-0.15, -0.1) is 0 Å². The molecule has 0 fully saturated rings. The van der Waals surface area contributed by atoms with Gasteiger partial charge in [0.15, 0.2) is 5.78 Å². The van der Waals surface area contributed by atoms with Crippen LogP contribution in [-0.2, 0) is 16.0 Å². The molecule has 0 radical (unpaired) electrons. The third-order valence-corrected chi connectivity index (χ3v) is 4.02. The zero-order chi connectivity index (χ0) is 18.7. The fourth-order valence-electron chi connectivity index (χ4n) is 2.72. The molecule has 26 heavy (non-hydrogen) atoms. The molecule has 0 bridgehead atoms. The number of nitro benzene ring substituents is 1. The molecule has 0 amide bonds. The highest BCUT2D eigenvalue weighted by Crippen LogP contribution is 2.34. The number of aryl methyl sites for hydroxylation is 1. The number of hydrogen-bond acceptors (Lipinski definition) is 6. The van der Waals surface area contributed by atoms with E-state index < -0.39 is 10.9 Å². The Bertz CT molecular complexity index is 932. The third kappa shape index (κ3) is 3.61. The molecule has 2 aromatic rings. The Hall–Kier alpha value is -3.48. The van der Waals surface area contributed by atoms with E-state index in [1.807, 2.05) is 0 Å². The number of carbonyl (C=O) groups excluding carboxylic acids is 2. The zero-order valence-corrected chi connectivity index (χ0v) is 13.9. The Balaban J connectivity index is 1.88. The number of methoxy groups -OCH3 is 1. The molecule has 0 N–H and O–H groups in total. The highest BCUT2D eigenvalue weighted by atomic mass is 16.6. The van der Waals surface area contributed by atoms with Crippen molar-refractivity contribution in [2.45, 2.75) is 12.8 Å². The van der Waals surface area contributed by atoms with Gasteiger partial charge in [0.05, 0.1) is 12.0 Å². The van der Waals surface area contributed by atoms with Crippen molar-refractivity contribution < 1.29 is 24.0 Å². The molecule has 7 heteroatoms. The summed E-state index contributed by atoms with van der Waals surface area (Å²) in [5.41, 5.74) is 1.80. The van der Waals surface area contributed by atoms with Gasteiger partial charge >= 0.3 is 11.7 Å². The molecule has 0 heterocycles. The minimum absolute atomic E-state index is 0.0782. The summed E-state index contributed by atoms with van der Waals surface area (Å²) >= 11 is 0. The summed E-state index contributed by atoms with van der Waals surface area (Å²) in [5.74, 6) is 0.0499. The monoisotopic (exact) mass is 353 g/mol. The lowest BCUT2D eigenvalue weighted by Gasteiger charge is -2.08. The van der Waals surface area contributed by atoms with Crippen LogP contribution in [0.5, 0.6) is 11.5 Å². The number of benzene rings is 2. The SMILES string of the molecule is COC(=O)/C=C/c1ccc(Oc2ccc3c(c2)CCC3=O)c([N+](=O)[O-])c1. The molecule has 0 saturated carbocycles. The highest BCUT2D eigenvalue weighted by molar-refractivity contribution is 6.00. The van der Waals surface area contributed by atoms with E-state index in [4.69, 9.17) is 4.74 Å². The Labute approximate surface area is 149 Å². The molecule has 1 aliphatic carbocycles. The summed E-state index contributed by atoms with van der Waals surface area (Å²) in [5, 5.41) is 11.4. The van der Waals surface area contributed by atoms with Gasteiger partial charge in [-0.1, -0.05) is 6.07 Å². The molecular weight excluding hydrogens is 338 g/mol.